The van der Waals surface area contributed by atoms with Crippen molar-refractivity contribution in [2.24, 2.45) is 0 Å². The lowest BCUT2D eigenvalue weighted by Gasteiger charge is -2.12. The standard InChI is InChI=1S/C16H10BrF2NO5/c1-8(15(21)9-3-5-12(18)13(19)6-9)25-16(22)10-2-4-11(17)14(7-10)20(23)24/h2-8H,1H3. The molecule has 2 aromatic carbocycles. The molecule has 1 atom stereocenters. The summed E-state index contributed by atoms with van der Waals surface area (Å²) in [5.74, 6) is -4.01. The molecule has 2 aromatic rings. The number of hydrogen-bond acceptors (Lipinski definition) is 5. The molecule has 0 saturated heterocycles. The molecule has 0 aliphatic carbocycles. The van der Waals surface area contributed by atoms with Gasteiger partial charge < -0.3 is 4.74 Å². The average molecular weight is 414 g/mol. The largest absolute Gasteiger partial charge is 0.451 e. The van der Waals surface area contributed by atoms with Crippen molar-refractivity contribution in [3.05, 3.63) is 73.7 Å². The van der Waals surface area contributed by atoms with E-state index in [0.717, 1.165) is 18.2 Å². The van der Waals surface area contributed by atoms with Gasteiger partial charge in [-0.05, 0) is 53.2 Å². The van der Waals surface area contributed by atoms with E-state index in [1.54, 1.807) is 0 Å². The maximum Gasteiger partial charge on any atom is 0.339 e. The molecule has 6 nitrogen and oxygen atoms in total. The van der Waals surface area contributed by atoms with E-state index in [0.29, 0.717) is 6.07 Å². The van der Waals surface area contributed by atoms with Crippen molar-refractivity contribution >= 4 is 33.4 Å². The van der Waals surface area contributed by atoms with Gasteiger partial charge in [-0.3, -0.25) is 14.9 Å². The molecule has 0 spiro atoms. The van der Waals surface area contributed by atoms with Gasteiger partial charge in [0.25, 0.3) is 5.69 Å². The molecule has 0 bridgehead atoms. The van der Waals surface area contributed by atoms with Gasteiger partial charge >= 0.3 is 5.97 Å². The summed E-state index contributed by atoms with van der Waals surface area (Å²) >= 11 is 2.98. The molecule has 0 aromatic heterocycles. The molecule has 0 amide bonds. The summed E-state index contributed by atoms with van der Waals surface area (Å²) in [6, 6.07) is 6.14. The Balaban J connectivity index is 2.16. The summed E-state index contributed by atoms with van der Waals surface area (Å²) in [5, 5.41) is 10.9. The summed E-state index contributed by atoms with van der Waals surface area (Å²) < 4.78 is 31.2. The van der Waals surface area contributed by atoms with Gasteiger partial charge in [0.1, 0.15) is 0 Å². The summed E-state index contributed by atoms with van der Waals surface area (Å²) in [7, 11) is 0. The third kappa shape index (κ3) is 4.24. The number of nitrogens with zero attached hydrogens (tertiary/aromatic N) is 1. The Kier molecular flexibility index (Phi) is 5.58. The van der Waals surface area contributed by atoms with Gasteiger partial charge in [-0.1, -0.05) is 0 Å². The number of nitro benzene ring substituents is 1. The van der Waals surface area contributed by atoms with Crippen LogP contribution >= 0.6 is 15.9 Å². The topological polar surface area (TPSA) is 86.5 Å². The van der Waals surface area contributed by atoms with E-state index < -0.39 is 34.4 Å². The quantitative estimate of drug-likeness (QED) is 0.319. The zero-order chi connectivity index (χ0) is 18.7. The first kappa shape index (κ1) is 18.7. The van der Waals surface area contributed by atoms with Crippen LogP contribution in [0.4, 0.5) is 14.5 Å². The first-order chi connectivity index (χ1) is 11.7. The summed E-state index contributed by atoms with van der Waals surface area (Å²) in [6.45, 7) is 1.26. The van der Waals surface area contributed by atoms with E-state index in [1.807, 2.05) is 0 Å². The third-order valence-corrected chi connectivity index (χ3v) is 3.91. The van der Waals surface area contributed by atoms with Gasteiger partial charge in [-0.15, -0.1) is 0 Å². The molecule has 1 unspecified atom stereocenters. The molecule has 2 rings (SSSR count). The van der Waals surface area contributed by atoms with Gasteiger partial charge in [0.05, 0.1) is 15.0 Å². The SMILES string of the molecule is CC(OC(=O)c1ccc(Br)c([N+](=O)[O-])c1)C(=O)c1ccc(F)c(F)c1. The number of carbonyl (C=O) groups is 2. The molecular weight excluding hydrogens is 404 g/mol. The molecule has 0 fully saturated rings. The molecule has 130 valence electrons. The van der Waals surface area contributed by atoms with Crippen LogP contribution in [-0.4, -0.2) is 22.8 Å². The van der Waals surface area contributed by atoms with E-state index >= 15 is 0 Å². The van der Waals surface area contributed by atoms with E-state index in [1.165, 1.54) is 19.1 Å². The van der Waals surface area contributed by atoms with Gasteiger partial charge in [-0.25, -0.2) is 13.6 Å². The number of carbonyl (C=O) groups excluding carboxylic acids is 2. The maximum atomic E-state index is 13.2. The lowest BCUT2D eigenvalue weighted by Crippen LogP contribution is -2.24. The van der Waals surface area contributed by atoms with E-state index in [2.05, 4.69) is 15.9 Å². The first-order valence-corrected chi connectivity index (χ1v) is 7.64. The highest BCUT2D eigenvalue weighted by Gasteiger charge is 2.23. The van der Waals surface area contributed by atoms with Crippen LogP contribution in [0.2, 0.25) is 0 Å². The van der Waals surface area contributed by atoms with Crippen molar-refractivity contribution < 1.29 is 28.0 Å². The van der Waals surface area contributed by atoms with Crippen LogP contribution < -0.4 is 0 Å². The smallest absolute Gasteiger partial charge is 0.339 e. The minimum Gasteiger partial charge on any atom is -0.451 e. The molecule has 0 heterocycles. The second-order valence-corrected chi connectivity index (χ2v) is 5.82. The van der Waals surface area contributed by atoms with Crippen molar-refractivity contribution in [1.29, 1.82) is 0 Å². The van der Waals surface area contributed by atoms with E-state index in [-0.39, 0.29) is 21.3 Å². The summed E-state index contributed by atoms with van der Waals surface area (Å²) in [5.41, 5.74) is -0.630. The fourth-order valence-corrected chi connectivity index (χ4v) is 2.34. The van der Waals surface area contributed by atoms with Crippen molar-refractivity contribution in [3.8, 4) is 0 Å². The zero-order valence-electron chi connectivity index (χ0n) is 12.7. The Hall–Kier alpha value is -2.68. The van der Waals surface area contributed by atoms with Crippen molar-refractivity contribution in [2.75, 3.05) is 0 Å². The number of Topliss-reactive ketones (excluding diaryl/α,β-unsaturated/α-hetero) is 1. The Morgan fingerprint density at radius 1 is 1.12 bits per heavy atom. The highest BCUT2D eigenvalue weighted by atomic mass is 79.9. The molecule has 9 heteroatoms. The van der Waals surface area contributed by atoms with Crippen molar-refractivity contribution in [2.45, 2.75) is 13.0 Å². The van der Waals surface area contributed by atoms with Crippen molar-refractivity contribution in [3.63, 3.8) is 0 Å². The molecule has 0 radical (unpaired) electrons. The minimum absolute atomic E-state index is 0.125. The van der Waals surface area contributed by atoms with Crippen LogP contribution in [0, 0.1) is 21.7 Å². The lowest BCUT2D eigenvalue weighted by atomic mass is 10.1. The Labute approximate surface area is 148 Å². The molecule has 25 heavy (non-hydrogen) atoms. The zero-order valence-corrected chi connectivity index (χ0v) is 14.2. The summed E-state index contributed by atoms with van der Waals surface area (Å²) in [4.78, 5) is 34.4. The number of halogens is 3. The average Bonchev–Trinajstić information content (AvgIpc) is 2.56. The van der Waals surface area contributed by atoms with Crippen molar-refractivity contribution in [1.82, 2.24) is 0 Å². The number of hydrogen-bond donors (Lipinski definition) is 0. The van der Waals surface area contributed by atoms with Gasteiger partial charge in [-0.2, -0.15) is 0 Å². The number of ketones is 1. The number of benzene rings is 2. The number of esters is 1. The van der Waals surface area contributed by atoms with Crippen LogP contribution in [0.15, 0.2) is 40.9 Å². The second-order valence-electron chi connectivity index (χ2n) is 4.96. The second kappa shape index (κ2) is 7.47. The minimum atomic E-state index is -1.29. The summed E-state index contributed by atoms with van der Waals surface area (Å²) in [6.07, 6.45) is -1.29. The maximum absolute atomic E-state index is 13.2. The van der Waals surface area contributed by atoms with E-state index in [9.17, 15) is 28.5 Å². The van der Waals surface area contributed by atoms with Gasteiger partial charge in [0.2, 0.25) is 5.78 Å². The monoisotopic (exact) mass is 413 g/mol. The van der Waals surface area contributed by atoms with Gasteiger partial charge in [0.15, 0.2) is 17.7 Å². The van der Waals surface area contributed by atoms with Crippen LogP contribution in [-0.2, 0) is 4.74 Å². The Morgan fingerprint density at radius 3 is 2.36 bits per heavy atom. The predicted octanol–water partition coefficient (Wildman–Crippen LogP) is 4.06. The molecule has 0 aliphatic heterocycles. The fourth-order valence-electron chi connectivity index (χ4n) is 1.95. The Bertz CT molecular complexity index is 872. The van der Waals surface area contributed by atoms with Crippen LogP contribution in [0.1, 0.15) is 27.6 Å². The third-order valence-electron chi connectivity index (χ3n) is 3.24. The first-order valence-electron chi connectivity index (χ1n) is 6.85. The number of ether oxygens (including phenoxy) is 1. The van der Waals surface area contributed by atoms with Gasteiger partial charge in [0, 0.05) is 11.6 Å². The normalized spacial score (nSPS) is 11.7. The van der Waals surface area contributed by atoms with E-state index in [4.69, 9.17) is 4.74 Å². The lowest BCUT2D eigenvalue weighted by molar-refractivity contribution is -0.385. The molecule has 0 saturated carbocycles. The van der Waals surface area contributed by atoms with Crippen LogP contribution in [0.5, 0.6) is 0 Å². The number of nitro groups is 1. The Morgan fingerprint density at radius 2 is 1.76 bits per heavy atom. The molecule has 0 N–H and O–H groups in total. The fraction of sp³-hybridized carbons (Fsp3) is 0.125. The molecular formula is C16H10BrF2NO5. The van der Waals surface area contributed by atoms with Crippen LogP contribution in [0.25, 0.3) is 0 Å². The molecule has 0 aliphatic rings. The highest BCUT2D eigenvalue weighted by molar-refractivity contribution is 9.10. The van der Waals surface area contributed by atoms with Crippen LogP contribution in [0.3, 0.4) is 0 Å². The highest BCUT2D eigenvalue weighted by Crippen LogP contribution is 2.26. The number of rotatable bonds is 5. The predicted molar refractivity (Wildman–Crippen MR) is 86.4 cm³/mol.